The minimum Gasteiger partial charge on any atom is -0.497 e. The Morgan fingerprint density at radius 3 is 2.57 bits per heavy atom. The van der Waals surface area contributed by atoms with E-state index >= 15 is 0 Å². The molecule has 1 saturated heterocycles. The minimum absolute atomic E-state index is 0.126. The van der Waals surface area contributed by atoms with Crippen LogP contribution in [-0.4, -0.2) is 26.1 Å². The van der Waals surface area contributed by atoms with Crippen LogP contribution in [0.2, 0.25) is 0 Å². The number of hydrogen-bond acceptors (Lipinski definition) is 3. The molecular formula is C17H24N2O2. The second-order valence-corrected chi connectivity index (χ2v) is 6.20. The molecule has 4 heteroatoms. The van der Waals surface area contributed by atoms with Gasteiger partial charge in [0.15, 0.2) is 0 Å². The first-order valence-corrected chi connectivity index (χ1v) is 7.91. The summed E-state index contributed by atoms with van der Waals surface area (Å²) in [6.45, 7) is 1.76. The monoisotopic (exact) mass is 288 g/mol. The molecule has 114 valence electrons. The van der Waals surface area contributed by atoms with E-state index < -0.39 is 0 Å². The first kappa shape index (κ1) is 14.4. The minimum atomic E-state index is -0.175. The second-order valence-electron chi connectivity index (χ2n) is 6.20. The standard InChI is InChI=1S/C17H24N2O2/c1-21-15-6-4-14(5-7-15)17(9-2-3-10-17)19-16(20)13-8-11-18-12-13/h4-7,13,18H,2-3,8-12H2,1H3,(H,19,20). The van der Waals surface area contributed by atoms with Crippen molar-refractivity contribution in [2.75, 3.05) is 20.2 Å². The Hall–Kier alpha value is -1.55. The Kier molecular flexibility index (Phi) is 4.15. The van der Waals surface area contributed by atoms with Crippen molar-refractivity contribution in [3.05, 3.63) is 29.8 Å². The number of amides is 1. The zero-order valence-corrected chi connectivity index (χ0v) is 12.7. The van der Waals surface area contributed by atoms with Gasteiger partial charge in [0.1, 0.15) is 5.75 Å². The van der Waals surface area contributed by atoms with Gasteiger partial charge in [-0.05, 0) is 43.5 Å². The first-order valence-electron chi connectivity index (χ1n) is 7.91. The molecule has 1 aromatic carbocycles. The van der Waals surface area contributed by atoms with Crippen LogP contribution in [0.15, 0.2) is 24.3 Å². The SMILES string of the molecule is COc1ccc(C2(NC(=O)C3CCNC3)CCCC2)cc1. The quantitative estimate of drug-likeness (QED) is 0.893. The predicted molar refractivity (Wildman–Crippen MR) is 82.3 cm³/mol. The van der Waals surface area contributed by atoms with Gasteiger partial charge in [0.25, 0.3) is 0 Å². The molecule has 3 rings (SSSR count). The molecule has 1 aromatic rings. The lowest BCUT2D eigenvalue weighted by Crippen LogP contribution is -2.46. The van der Waals surface area contributed by atoms with E-state index in [2.05, 4.69) is 22.8 Å². The summed E-state index contributed by atoms with van der Waals surface area (Å²) < 4.78 is 5.23. The van der Waals surface area contributed by atoms with E-state index in [9.17, 15) is 4.79 Å². The van der Waals surface area contributed by atoms with E-state index in [-0.39, 0.29) is 17.4 Å². The van der Waals surface area contributed by atoms with Crippen LogP contribution in [0.4, 0.5) is 0 Å². The van der Waals surface area contributed by atoms with Crippen molar-refractivity contribution in [3.8, 4) is 5.75 Å². The third-order valence-electron chi connectivity index (χ3n) is 4.89. The molecule has 1 aliphatic carbocycles. The number of rotatable bonds is 4. The van der Waals surface area contributed by atoms with Crippen LogP contribution < -0.4 is 15.4 Å². The molecule has 0 bridgehead atoms. The molecule has 1 atom stereocenters. The summed E-state index contributed by atoms with van der Waals surface area (Å²) in [5, 5.41) is 6.64. The summed E-state index contributed by atoms with van der Waals surface area (Å²) in [4.78, 5) is 12.5. The molecule has 0 spiro atoms. The topological polar surface area (TPSA) is 50.4 Å². The Bertz CT molecular complexity index is 486. The van der Waals surface area contributed by atoms with Gasteiger partial charge in [0.2, 0.25) is 5.91 Å². The van der Waals surface area contributed by atoms with Gasteiger partial charge in [0, 0.05) is 6.54 Å². The number of carbonyl (C=O) groups is 1. The van der Waals surface area contributed by atoms with E-state index in [1.807, 2.05) is 12.1 Å². The van der Waals surface area contributed by atoms with Crippen molar-refractivity contribution in [2.24, 2.45) is 5.92 Å². The van der Waals surface area contributed by atoms with Crippen molar-refractivity contribution in [1.82, 2.24) is 10.6 Å². The summed E-state index contributed by atoms with van der Waals surface area (Å²) in [5.41, 5.74) is 1.03. The van der Waals surface area contributed by atoms with Crippen LogP contribution in [0.25, 0.3) is 0 Å². The van der Waals surface area contributed by atoms with Gasteiger partial charge in [-0.1, -0.05) is 25.0 Å². The van der Waals surface area contributed by atoms with Crippen LogP contribution in [0, 0.1) is 5.92 Å². The van der Waals surface area contributed by atoms with Gasteiger partial charge < -0.3 is 15.4 Å². The van der Waals surface area contributed by atoms with E-state index in [1.165, 1.54) is 18.4 Å². The number of ether oxygens (including phenoxy) is 1. The maximum atomic E-state index is 12.5. The summed E-state index contributed by atoms with van der Waals surface area (Å²) in [5.74, 6) is 1.19. The zero-order chi connectivity index (χ0) is 14.7. The molecule has 2 N–H and O–H groups in total. The maximum Gasteiger partial charge on any atom is 0.225 e. The normalized spacial score (nSPS) is 24.0. The molecule has 1 saturated carbocycles. The molecule has 2 aliphatic rings. The van der Waals surface area contributed by atoms with E-state index in [4.69, 9.17) is 4.74 Å². The van der Waals surface area contributed by atoms with Gasteiger partial charge in [0.05, 0.1) is 18.6 Å². The average molecular weight is 288 g/mol. The molecule has 1 aliphatic heterocycles. The van der Waals surface area contributed by atoms with E-state index in [0.717, 1.165) is 38.1 Å². The number of nitrogens with one attached hydrogen (secondary N) is 2. The largest absolute Gasteiger partial charge is 0.497 e. The van der Waals surface area contributed by atoms with Crippen molar-refractivity contribution in [1.29, 1.82) is 0 Å². The van der Waals surface area contributed by atoms with E-state index in [1.54, 1.807) is 7.11 Å². The lowest BCUT2D eigenvalue weighted by Gasteiger charge is -2.32. The van der Waals surface area contributed by atoms with Crippen molar-refractivity contribution >= 4 is 5.91 Å². The number of carbonyl (C=O) groups excluding carboxylic acids is 1. The predicted octanol–water partition coefficient (Wildman–Crippen LogP) is 2.19. The summed E-state index contributed by atoms with van der Waals surface area (Å²) in [6.07, 6.45) is 5.37. The Morgan fingerprint density at radius 2 is 2.00 bits per heavy atom. The molecule has 2 fully saturated rings. The lowest BCUT2D eigenvalue weighted by atomic mass is 9.87. The highest BCUT2D eigenvalue weighted by atomic mass is 16.5. The van der Waals surface area contributed by atoms with Gasteiger partial charge in [-0.15, -0.1) is 0 Å². The summed E-state index contributed by atoms with van der Waals surface area (Å²) >= 11 is 0. The van der Waals surface area contributed by atoms with Gasteiger partial charge in [-0.2, -0.15) is 0 Å². The number of hydrogen-bond donors (Lipinski definition) is 2. The molecule has 1 amide bonds. The highest BCUT2D eigenvalue weighted by Gasteiger charge is 2.38. The number of benzene rings is 1. The fourth-order valence-corrected chi connectivity index (χ4v) is 3.59. The van der Waals surface area contributed by atoms with Crippen LogP contribution in [0.3, 0.4) is 0 Å². The van der Waals surface area contributed by atoms with Gasteiger partial charge in [-0.3, -0.25) is 4.79 Å². The smallest absolute Gasteiger partial charge is 0.225 e. The summed E-state index contributed by atoms with van der Waals surface area (Å²) in [6, 6.07) is 8.16. The third-order valence-corrected chi connectivity index (χ3v) is 4.89. The molecule has 1 unspecified atom stereocenters. The molecule has 1 heterocycles. The molecule has 4 nitrogen and oxygen atoms in total. The fourth-order valence-electron chi connectivity index (χ4n) is 3.59. The molecule has 21 heavy (non-hydrogen) atoms. The Labute approximate surface area is 126 Å². The van der Waals surface area contributed by atoms with Crippen molar-refractivity contribution < 1.29 is 9.53 Å². The maximum absolute atomic E-state index is 12.5. The highest BCUT2D eigenvalue weighted by Crippen LogP contribution is 2.39. The van der Waals surface area contributed by atoms with Crippen molar-refractivity contribution in [3.63, 3.8) is 0 Å². The third kappa shape index (κ3) is 2.91. The zero-order valence-electron chi connectivity index (χ0n) is 12.7. The summed E-state index contributed by atoms with van der Waals surface area (Å²) in [7, 11) is 1.68. The fraction of sp³-hybridized carbons (Fsp3) is 0.588. The molecule has 0 radical (unpaired) electrons. The first-order chi connectivity index (χ1) is 10.2. The Morgan fingerprint density at radius 1 is 1.29 bits per heavy atom. The molecular weight excluding hydrogens is 264 g/mol. The van der Waals surface area contributed by atoms with Crippen LogP contribution in [0.5, 0.6) is 5.75 Å². The highest BCUT2D eigenvalue weighted by molar-refractivity contribution is 5.80. The number of methoxy groups -OCH3 is 1. The molecule has 0 aromatic heterocycles. The van der Waals surface area contributed by atoms with Crippen LogP contribution >= 0.6 is 0 Å². The van der Waals surface area contributed by atoms with Crippen LogP contribution in [0.1, 0.15) is 37.7 Å². The van der Waals surface area contributed by atoms with Crippen molar-refractivity contribution in [2.45, 2.75) is 37.6 Å². The van der Waals surface area contributed by atoms with Crippen LogP contribution in [-0.2, 0) is 10.3 Å². The van der Waals surface area contributed by atoms with Gasteiger partial charge in [-0.25, -0.2) is 0 Å². The van der Waals surface area contributed by atoms with E-state index in [0.29, 0.717) is 0 Å². The average Bonchev–Trinajstić information content (AvgIpc) is 3.19. The second kappa shape index (κ2) is 6.06. The van der Waals surface area contributed by atoms with Gasteiger partial charge >= 0.3 is 0 Å². The lowest BCUT2D eigenvalue weighted by molar-refractivity contribution is -0.126. The Balaban J connectivity index is 1.79.